The Kier molecular flexibility index (Phi) is 14.1. The number of rotatable bonds is 18. The highest BCUT2D eigenvalue weighted by atomic mass is 15.4. The second-order valence-corrected chi connectivity index (χ2v) is 9.61. The summed E-state index contributed by atoms with van der Waals surface area (Å²) in [7, 11) is 7.13. The molecule has 1 atom stereocenters. The number of benzene rings is 1. The van der Waals surface area contributed by atoms with Crippen molar-refractivity contribution < 1.29 is 4.48 Å². The smallest absolute Gasteiger partial charge is 0.164 e. The molecule has 0 N–H and O–H groups in total. The number of anilines is 1. The third kappa shape index (κ3) is 11.1. The summed E-state index contributed by atoms with van der Waals surface area (Å²) in [5.74, 6) is 0. The highest BCUT2D eigenvalue weighted by Crippen LogP contribution is 2.24. The fourth-order valence-corrected chi connectivity index (χ4v) is 4.61. The van der Waals surface area contributed by atoms with E-state index >= 15 is 0 Å². The summed E-state index contributed by atoms with van der Waals surface area (Å²) in [6.07, 6.45) is 20.1. The molecule has 29 heavy (non-hydrogen) atoms. The Labute approximate surface area is 183 Å². The van der Waals surface area contributed by atoms with Crippen LogP contribution in [0, 0.1) is 0 Å². The predicted octanol–water partition coefficient (Wildman–Crippen LogP) is 8.03. The van der Waals surface area contributed by atoms with Crippen molar-refractivity contribution in [2.45, 2.75) is 110 Å². The van der Waals surface area contributed by atoms with Gasteiger partial charge >= 0.3 is 0 Å². The van der Waals surface area contributed by atoms with E-state index in [4.69, 9.17) is 0 Å². The molecule has 1 unspecified atom stereocenters. The summed E-state index contributed by atoms with van der Waals surface area (Å²) in [6.45, 7) is 5.89. The largest absolute Gasteiger partial charge is 0.326 e. The summed E-state index contributed by atoms with van der Waals surface area (Å²) in [6, 6.07) is 10.9. The van der Waals surface area contributed by atoms with Gasteiger partial charge < -0.3 is 9.38 Å². The minimum atomic E-state index is 0.551. The molecule has 0 saturated heterocycles. The van der Waals surface area contributed by atoms with Gasteiger partial charge in [-0.1, -0.05) is 96.3 Å². The first kappa shape index (κ1) is 26.0. The van der Waals surface area contributed by atoms with Crippen LogP contribution in [0.3, 0.4) is 0 Å². The molecule has 0 radical (unpaired) electrons. The average Bonchev–Trinajstić information content (AvgIpc) is 2.72. The normalized spacial score (nSPS) is 12.9. The standard InChI is InChI=1S/C27H51N2/c1-6-8-9-10-11-12-13-14-15-16-17-21-25-29(4,5)27(22-7-2)28(3)26-23-19-18-20-24-26/h18-20,23-24,27H,6-17,21-22,25H2,1-5H3/q+1. The lowest BCUT2D eigenvalue weighted by Crippen LogP contribution is -2.57. The van der Waals surface area contributed by atoms with E-state index in [1.54, 1.807) is 0 Å². The van der Waals surface area contributed by atoms with Gasteiger partial charge in [-0.25, -0.2) is 0 Å². The van der Waals surface area contributed by atoms with E-state index in [2.05, 4.69) is 70.2 Å². The predicted molar refractivity (Wildman–Crippen MR) is 132 cm³/mol. The van der Waals surface area contributed by atoms with Crippen molar-refractivity contribution in [2.75, 3.05) is 32.6 Å². The maximum Gasteiger partial charge on any atom is 0.164 e. The second-order valence-electron chi connectivity index (χ2n) is 9.61. The number of hydrogen-bond acceptors (Lipinski definition) is 1. The molecule has 1 rings (SSSR count). The Balaban J connectivity index is 2.23. The van der Waals surface area contributed by atoms with E-state index in [1.165, 1.54) is 102 Å². The van der Waals surface area contributed by atoms with Crippen LogP contribution in [-0.4, -0.2) is 38.3 Å². The van der Waals surface area contributed by atoms with Gasteiger partial charge in [-0.05, 0) is 31.4 Å². The fraction of sp³-hybridized carbons (Fsp3) is 0.778. The second kappa shape index (κ2) is 15.8. The Hall–Kier alpha value is -1.02. The Morgan fingerprint density at radius 3 is 1.66 bits per heavy atom. The van der Waals surface area contributed by atoms with E-state index in [0.29, 0.717) is 6.17 Å². The lowest BCUT2D eigenvalue weighted by atomic mass is 10.0. The molecule has 0 aliphatic rings. The molecule has 0 amide bonds. The summed E-state index contributed by atoms with van der Waals surface area (Å²) < 4.78 is 1.09. The first-order valence-corrected chi connectivity index (χ1v) is 12.6. The van der Waals surface area contributed by atoms with Gasteiger partial charge in [0.05, 0.1) is 20.6 Å². The van der Waals surface area contributed by atoms with Crippen LogP contribution in [0.5, 0.6) is 0 Å². The molecule has 0 aromatic heterocycles. The highest BCUT2D eigenvalue weighted by molar-refractivity contribution is 5.45. The van der Waals surface area contributed by atoms with Gasteiger partial charge in [-0.3, -0.25) is 0 Å². The Morgan fingerprint density at radius 1 is 0.690 bits per heavy atom. The molecular formula is C27H51N2+. The van der Waals surface area contributed by atoms with Crippen LogP contribution >= 0.6 is 0 Å². The van der Waals surface area contributed by atoms with E-state index < -0.39 is 0 Å². The summed E-state index contributed by atoms with van der Waals surface area (Å²) in [5.41, 5.74) is 1.34. The highest BCUT2D eigenvalue weighted by Gasteiger charge is 2.30. The van der Waals surface area contributed by atoms with Gasteiger partial charge in [0.1, 0.15) is 0 Å². The number of quaternary nitrogens is 1. The number of nitrogens with zero attached hydrogens (tertiary/aromatic N) is 2. The van der Waals surface area contributed by atoms with Crippen LogP contribution < -0.4 is 4.90 Å². The van der Waals surface area contributed by atoms with E-state index in [9.17, 15) is 0 Å². The molecular weight excluding hydrogens is 352 g/mol. The summed E-state index contributed by atoms with van der Waals surface area (Å²) in [5, 5.41) is 0. The third-order valence-electron chi connectivity index (χ3n) is 6.55. The topological polar surface area (TPSA) is 3.24 Å². The van der Waals surface area contributed by atoms with Gasteiger partial charge in [0.25, 0.3) is 0 Å². The van der Waals surface area contributed by atoms with Crippen LogP contribution in [-0.2, 0) is 0 Å². The van der Waals surface area contributed by atoms with Crippen LogP contribution in [0.15, 0.2) is 30.3 Å². The molecule has 0 heterocycles. The van der Waals surface area contributed by atoms with Crippen molar-refractivity contribution in [1.82, 2.24) is 0 Å². The van der Waals surface area contributed by atoms with Crippen molar-refractivity contribution in [2.24, 2.45) is 0 Å². The first-order chi connectivity index (χ1) is 14.0. The van der Waals surface area contributed by atoms with E-state index in [-0.39, 0.29) is 0 Å². The molecule has 0 fully saturated rings. The zero-order valence-corrected chi connectivity index (χ0v) is 20.5. The van der Waals surface area contributed by atoms with Gasteiger partial charge in [0.2, 0.25) is 0 Å². The summed E-state index contributed by atoms with van der Waals surface area (Å²) in [4.78, 5) is 2.50. The molecule has 2 nitrogen and oxygen atoms in total. The van der Waals surface area contributed by atoms with Crippen molar-refractivity contribution >= 4 is 5.69 Å². The van der Waals surface area contributed by atoms with Gasteiger partial charge in [0, 0.05) is 19.2 Å². The van der Waals surface area contributed by atoms with Crippen molar-refractivity contribution in [3.8, 4) is 0 Å². The monoisotopic (exact) mass is 403 g/mol. The minimum Gasteiger partial charge on any atom is -0.326 e. The average molecular weight is 404 g/mol. The molecule has 1 aromatic carbocycles. The third-order valence-corrected chi connectivity index (χ3v) is 6.55. The van der Waals surface area contributed by atoms with Crippen LogP contribution in [0.2, 0.25) is 0 Å². The molecule has 2 heteroatoms. The minimum absolute atomic E-state index is 0.551. The quantitative estimate of drug-likeness (QED) is 0.136. The first-order valence-electron chi connectivity index (χ1n) is 12.6. The number of unbranched alkanes of at least 4 members (excludes halogenated alkanes) is 11. The molecule has 0 aliphatic carbocycles. The zero-order chi connectivity index (χ0) is 21.4. The maximum absolute atomic E-state index is 2.50. The van der Waals surface area contributed by atoms with Gasteiger partial charge in [0.15, 0.2) is 6.17 Å². The number of para-hydroxylation sites is 1. The Morgan fingerprint density at radius 2 is 1.17 bits per heavy atom. The lowest BCUT2D eigenvalue weighted by molar-refractivity contribution is -0.914. The molecule has 1 aromatic rings. The molecule has 0 spiro atoms. The molecule has 0 saturated carbocycles. The fourth-order valence-electron chi connectivity index (χ4n) is 4.61. The summed E-state index contributed by atoms with van der Waals surface area (Å²) >= 11 is 0. The maximum atomic E-state index is 2.50. The molecule has 0 bridgehead atoms. The van der Waals surface area contributed by atoms with E-state index in [1.807, 2.05) is 0 Å². The van der Waals surface area contributed by atoms with Crippen LogP contribution in [0.1, 0.15) is 104 Å². The molecule has 168 valence electrons. The molecule has 0 aliphatic heterocycles. The van der Waals surface area contributed by atoms with Gasteiger partial charge in [-0.2, -0.15) is 0 Å². The van der Waals surface area contributed by atoms with Crippen LogP contribution in [0.25, 0.3) is 0 Å². The lowest BCUT2D eigenvalue weighted by Gasteiger charge is -2.43. The van der Waals surface area contributed by atoms with Gasteiger partial charge in [-0.15, -0.1) is 0 Å². The zero-order valence-electron chi connectivity index (χ0n) is 20.5. The number of hydrogen-bond donors (Lipinski definition) is 0. The SMILES string of the molecule is CCCCCCCCCCCCCC[N+](C)(C)C(CCC)N(C)c1ccccc1. The Bertz CT molecular complexity index is 483. The van der Waals surface area contributed by atoms with E-state index in [0.717, 1.165) is 4.48 Å². The van der Waals surface area contributed by atoms with Crippen molar-refractivity contribution in [3.05, 3.63) is 30.3 Å². The van der Waals surface area contributed by atoms with Crippen molar-refractivity contribution in [1.29, 1.82) is 0 Å². The van der Waals surface area contributed by atoms with Crippen LogP contribution in [0.4, 0.5) is 5.69 Å². The van der Waals surface area contributed by atoms with Crippen molar-refractivity contribution in [3.63, 3.8) is 0 Å².